The largest absolute Gasteiger partial charge is 0.338 e. The SMILES string of the molecule is Cc1cn(C)c(C)n1.Cc1cn(C)c(C)n1.Cc1nc(C(C)C)c(C)n1C.Cc1nc(C(C)C)c(C)n1C.Cc1nc(C(C)C)cn1C.Cc1nc(C)n(C)c1C.Cc1nc(C)n(C)c1C. The predicted octanol–water partition coefficient (Wildman–Crippen LogP) is 10.9. The van der Waals surface area contributed by atoms with Gasteiger partial charge in [-0.1, -0.05) is 41.5 Å². The fourth-order valence-electron chi connectivity index (χ4n) is 6.69. The molecular weight excluding hydrogens is 821 g/mol. The maximum Gasteiger partial charge on any atom is 0.105 e. The van der Waals surface area contributed by atoms with Gasteiger partial charge in [0.15, 0.2) is 0 Å². The lowest BCUT2D eigenvalue weighted by atomic mass is 10.1. The lowest BCUT2D eigenvalue weighted by molar-refractivity contribution is 0.803. The van der Waals surface area contributed by atoms with Gasteiger partial charge < -0.3 is 32.0 Å². The van der Waals surface area contributed by atoms with Crippen molar-refractivity contribution >= 4 is 0 Å². The second kappa shape index (κ2) is 26.0. The van der Waals surface area contributed by atoms with Gasteiger partial charge in [0.05, 0.1) is 39.9 Å². The van der Waals surface area contributed by atoms with Gasteiger partial charge in [0, 0.05) is 90.7 Å². The van der Waals surface area contributed by atoms with Crippen LogP contribution in [0.2, 0.25) is 0 Å². The van der Waals surface area contributed by atoms with Gasteiger partial charge in [-0.3, -0.25) is 0 Å². The van der Waals surface area contributed by atoms with E-state index in [0.29, 0.717) is 17.8 Å². The summed E-state index contributed by atoms with van der Waals surface area (Å²) in [6, 6.07) is 0. The van der Waals surface area contributed by atoms with Gasteiger partial charge in [0.2, 0.25) is 0 Å². The van der Waals surface area contributed by atoms with Crippen LogP contribution in [0, 0.1) is 104 Å². The number of hydrogen-bond donors (Lipinski definition) is 0. The second-order valence-electron chi connectivity index (χ2n) is 18.5. The van der Waals surface area contributed by atoms with Gasteiger partial charge in [-0.25, -0.2) is 34.9 Å². The van der Waals surface area contributed by atoms with Crippen LogP contribution in [0.3, 0.4) is 0 Å². The zero-order valence-corrected chi connectivity index (χ0v) is 46.7. The summed E-state index contributed by atoms with van der Waals surface area (Å²) < 4.78 is 14.5. The Morgan fingerprint density at radius 3 is 0.667 bits per heavy atom. The average molecular weight is 911 g/mol. The van der Waals surface area contributed by atoms with Gasteiger partial charge in [-0.05, 0) is 122 Å². The highest BCUT2D eigenvalue weighted by molar-refractivity contribution is 5.19. The average Bonchev–Trinajstić information content (AvgIpc) is 4.05. The third kappa shape index (κ3) is 17.0. The van der Waals surface area contributed by atoms with E-state index in [2.05, 4.69) is 147 Å². The molecule has 0 unspecified atom stereocenters. The van der Waals surface area contributed by atoms with E-state index >= 15 is 0 Å². The summed E-state index contributed by atoms with van der Waals surface area (Å²) in [4.78, 5) is 30.2. The molecule has 368 valence electrons. The molecule has 0 radical (unpaired) electrons. The molecule has 0 N–H and O–H groups in total. The van der Waals surface area contributed by atoms with Crippen LogP contribution in [0.4, 0.5) is 0 Å². The Morgan fingerprint density at radius 2 is 0.576 bits per heavy atom. The standard InChI is InChI=1S/2C9H16N2.C8H14N2.2C7H12N2.2C6H10N2/c2*1-6(2)9-7(3)11(5)8(4)10-9;1-6(2)8-5-10(4)7(3)9-8;2*1-5-6(2)9(4)7(3)8-5;2*1-5-4-8(3)6(2)7-5/h2*6H,1-5H3;5-6H,1-4H3;2*1-4H3;2*4H,1-3H3. The number of nitrogens with zero attached hydrogens (tertiary/aromatic N) is 14. The molecule has 0 spiro atoms. The summed E-state index contributed by atoms with van der Waals surface area (Å²) in [5, 5.41) is 0. The lowest BCUT2D eigenvalue weighted by Gasteiger charge is -2.01. The minimum atomic E-state index is 0.537. The molecule has 14 nitrogen and oxygen atoms in total. The fraction of sp³-hybridized carbons (Fsp3) is 0.596. The highest BCUT2D eigenvalue weighted by Gasteiger charge is 2.11. The van der Waals surface area contributed by atoms with Crippen LogP contribution in [-0.4, -0.2) is 66.9 Å². The number of hydrogen-bond acceptors (Lipinski definition) is 7. The molecule has 0 aromatic carbocycles. The summed E-state index contributed by atoms with van der Waals surface area (Å²) >= 11 is 0. The first kappa shape index (κ1) is 58.5. The minimum absolute atomic E-state index is 0.537. The molecule has 14 heteroatoms. The first-order valence-electron chi connectivity index (χ1n) is 23.2. The summed E-state index contributed by atoms with van der Waals surface area (Å²) in [5.74, 6) is 9.23. The lowest BCUT2D eigenvalue weighted by Crippen LogP contribution is -1.95. The molecule has 0 aliphatic heterocycles. The quantitative estimate of drug-likeness (QED) is 0.173. The molecule has 66 heavy (non-hydrogen) atoms. The van der Waals surface area contributed by atoms with Crippen molar-refractivity contribution in [2.45, 2.75) is 163 Å². The highest BCUT2D eigenvalue weighted by atomic mass is 15.1. The number of aryl methyl sites for hydroxylation is 14. The number of imidazole rings is 7. The topological polar surface area (TPSA) is 125 Å². The minimum Gasteiger partial charge on any atom is -0.338 e. The van der Waals surface area contributed by atoms with Crippen molar-refractivity contribution in [3.05, 3.63) is 122 Å². The van der Waals surface area contributed by atoms with Crippen LogP contribution in [0.5, 0.6) is 0 Å². The van der Waals surface area contributed by atoms with Crippen LogP contribution in [0.15, 0.2) is 18.6 Å². The zero-order chi connectivity index (χ0) is 51.2. The number of aromatic nitrogens is 14. The van der Waals surface area contributed by atoms with Crippen LogP contribution < -0.4 is 0 Å². The van der Waals surface area contributed by atoms with E-state index in [0.717, 1.165) is 63.5 Å². The Morgan fingerprint density at radius 1 is 0.303 bits per heavy atom. The molecule has 0 fully saturated rings. The molecular formula is C52H90N14. The molecule has 0 bridgehead atoms. The fourth-order valence-corrected chi connectivity index (χ4v) is 6.69. The molecule has 0 aliphatic rings. The Bertz CT molecular complexity index is 2300. The summed E-state index contributed by atoms with van der Waals surface area (Å²) in [5.41, 5.74) is 13.2. The second-order valence-corrected chi connectivity index (χ2v) is 18.5. The highest BCUT2D eigenvalue weighted by Crippen LogP contribution is 2.19. The molecule has 7 rings (SSSR count). The third-order valence-electron chi connectivity index (χ3n) is 12.2. The molecule has 7 heterocycles. The van der Waals surface area contributed by atoms with Crippen molar-refractivity contribution in [2.24, 2.45) is 49.3 Å². The van der Waals surface area contributed by atoms with Crippen molar-refractivity contribution < 1.29 is 0 Å². The molecule has 0 saturated heterocycles. The van der Waals surface area contributed by atoms with E-state index in [-0.39, 0.29) is 0 Å². The Kier molecular flexibility index (Phi) is 23.0. The summed E-state index contributed by atoms with van der Waals surface area (Å²) in [6.07, 6.45) is 6.10. The maximum atomic E-state index is 4.47. The van der Waals surface area contributed by atoms with E-state index in [1.54, 1.807) is 0 Å². The molecule has 0 atom stereocenters. The van der Waals surface area contributed by atoms with Gasteiger partial charge in [0.1, 0.15) is 40.8 Å². The molecule has 0 amide bonds. The van der Waals surface area contributed by atoms with Crippen LogP contribution in [0.1, 0.15) is 163 Å². The van der Waals surface area contributed by atoms with Gasteiger partial charge >= 0.3 is 0 Å². The van der Waals surface area contributed by atoms with Crippen molar-refractivity contribution in [1.29, 1.82) is 0 Å². The first-order valence-corrected chi connectivity index (χ1v) is 23.2. The van der Waals surface area contributed by atoms with Crippen LogP contribution in [0.25, 0.3) is 0 Å². The van der Waals surface area contributed by atoms with Gasteiger partial charge in [0.25, 0.3) is 0 Å². The zero-order valence-electron chi connectivity index (χ0n) is 46.7. The predicted molar refractivity (Wildman–Crippen MR) is 276 cm³/mol. The van der Waals surface area contributed by atoms with E-state index in [9.17, 15) is 0 Å². The van der Waals surface area contributed by atoms with Crippen molar-refractivity contribution in [3.8, 4) is 0 Å². The van der Waals surface area contributed by atoms with Crippen molar-refractivity contribution in [1.82, 2.24) is 66.9 Å². The van der Waals surface area contributed by atoms with E-state index in [1.807, 2.05) is 133 Å². The number of rotatable bonds is 3. The summed E-state index contributed by atoms with van der Waals surface area (Å²) in [6.45, 7) is 43.6. The first-order chi connectivity index (χ1) is 30.3. The third-order valence-corrected chi connectivity index (χ3v) is 12.2. The molecule has 7 aromatic heterocycles. The van der Waals surface area contributed by atoms with Crippen molar-refractivity contribution in [2.75, 3.05) is 0 Å². The molecule has 0 aliphatic carbocycles. The molecule has 7 aromatic rings. The Hall–Kier alpha value is -5.53. The van der Waals surface area contributed by atoms with Crippen LogP contribution in [-0.2, 0) is 49.3 Å². The van der Waals surface area contributed by atoms with Crippen LogP contribution >= 0.6 is 0 Å². The van der Waals surface area contributed by atoms with E-state index < -0.39 is 0 Å². The maximum absolute atomic E-state index is 4.47. The van der Waals surface area contributed by atoms with E-state index in [1.165, 1.54) is 39.9 Å². The Balaban J connectivity index is 0.000000386. The van der Waals surface area contributed by atoms with Gasteiger partial charge in [-0.2, -0.15) is 0 Å². The smallest absolute Gasteiger partial charge is 0.105 e. The van der Waals surface area contributed by atoms with Crippen molar-refractivity contribution in [3.63, 3.8) is 0 Å². The van der Waals surface area contributed by atoms with E-state index in [4.69, 9.17) is 0 Å². The Labute approximate surface area is 400 Å². The van der Waals surface area contributed by atoms with Gasteiger partial charge in [-0.15, -0.1) is 0 Å². The normalized spacial score (nSPS) is 10.5. The summed E-state index contributed by atoms with van der Waals surface area (Å²) in [7, 11) is 14.2. The monoisotopic (exact) mass is 911 g/mol. The molecule has 0 saturated carbocycles.